The maximum absolute atomic E-state index is 12.8. The van der Waals surface area contributed by atoms with Gasteiger partial charge in [-0.1, -0.05) is 18.9 Å². The second-order valence-electron chi connectivity index (χ2n) is 7.81. The zero-order valence-electron chi connectivity index (χ0n) is 17.0. The first-order valence-electron chi connectivity index (χ1n) is 10.1. The maximum Gasteiger partial charge on any atom is 0.258 e. The Morgan fingerprint density at radius 1 is 1.31 bits per heavy atom. The Morgan fingerprint density at radius 2 is 2.07 bits per heavy atom. The number of carbonyl (C=O) groups excluding carboxylic acids is 1. The molecule has 2 atom stereocenters. The third-order valence-electron chi connectivity index (χ3n) is 5.11. The van der Waals surface area contributed by atoms with Crippen molar-refractivity contribution in [1.29, 1.82) is 0 Å². The van der Waals surface area contributed by atoms with Gasteiger partial charge < -0.3 is 14.8 Å². The largest absolute Gasteiger partial charge is 0.471 e. The predicted octanol–water partition coefficient (Wildman–Crippen LogP) is 2.37. The number of nitrogens with one attached hydrogen (secondary N) is 1. The lowest BCUT2D eigenvalue weighted by Crippen LogP contribution is -2.33. The average Bonchev–Trinajstić information content (AvgIpc) is 3.21. The lowest BCUT2D eigenvalue weighted by atomic mass is 10.1. The Balaban J connectivity index is 1.79. The van der Waals surface area contributed by atoms with Gasteiger partial charge in [-0.3, -0.25) is 4.79 Å². The van der Waals surface area contributed by atoms with Crippen LogP contribution in [-0.4, -0.2) is 55.9 Å². The van der Waals surface area contributed by atoms with Crippen LogP contribution in [0.5, 0.6) is 5.88 Å². The third kappa shape index (κ3) is 6.50. The van der Waals surface area contributed by atoms with E-state index in [0.717, 1.165) is 56.0 Å². The molecule has 1 aromatic heterocycles. The van der Waals surface area contributed by atoms with Crippen molar-refractivity contribution in [1.82, 2.24) is 15.3 Å². The van der Waals surface area contributed by atoms with E-state index < -0.39 is 21.8 Å². The van der Waals surface area contributed by atoms with Crippen molar-refractivity contribution in [3.05, 3.63) is 29.1 Å². The SMILES string of the molecule is C[C@@H](/C=C/S(C)(=O)=O)NC(=O)c1cnc(C2CCCC2)nc1O[C@H]1CCCOC1. The molecule has 3 rings (SSSR count). The molecule has 1 aliphatic carbocycles. The monoisotopic (exact) mass is 423 g/mol. The molecule has 8 nitrogen and oxygen atoms in total. The summed E-state index contributed by atoms with van der Waals surface area (Å²) in [4.78, 5) is 21.8. The average molecular weight is 424 g/mol. The first-order valence-corrected chi connectivity index (χ1v) is 12.1. The molecular weight excluding hydrogens is 394 g/mol. The van der Waals surface area contributed by atoms with Crippen molar-refractivity contribution in [3.63, 3.8) is 0 Å². The lowest BCUT2D eigenvalue weighted by molar-refractivity contribution is 0.00491. The summed E-state index contributed by atoms with van der Waals surface area (Å²) in [5.74, 6) is 0.888. The number of nitrogens with zero attached hydrogens (tertiary/aromatic N) is 2. The van der Waals surface area contributed by atoms with Gasteiger partial charge in [0.2, 0.25) is 5.88 Å². The molecule has 1 saturated heterocycles. The van der Waals surface area contributed by atoms with Gasteiger partial charge in [-0.25, -0.2) is 13.4 Å². The minimum atomic E-state index is -3.26. The van der Waals surface area contributed by atoms with E-state index in [1.54, 1.807) is 6.92 Å². The van der Waals surface area contributed by atoms with Crippen LogP contribution in [0, 0.1) is 0 Å². The van der Waals surface area contributed by atoms with Crippen molar-refractivity contribution in [2.45, 2.75) is 63.5 Å². The van der Waals surface area contributed by atoms with Gasteiger partial charge in [0.15, 0.2) is 9.84 Å². The smallest absolute Gasteiger partial charge is 0.258 e. The number of rotatable bonds is 7. The summed E-state index contributed by atoms with van der Waals surface area (Å²) in [6.07, 6.45) is 10.1. The number of hydrogen-bond donors (Lipinski definition) is 1. The van der Waals surface area contributed by atoms with Gasteiger partial charge in [0.05, 0.1) is 6.61 Å². The first kappa shape index (κ1) is 21.7. The van der Waals surface area contributed by atoms with Crippen molar-refractivity contribution >= 4 is 15.7 Å². The van der Waals surface area contributed by atoms with Crippen LogP contribution >= 0.6 is 0 Å². The topological polar surface area (TPSA) is 107 Å². The molecule has 1 N–H and O–H groups in total. The van der Waals surface area contributed by atoms with Crippen molar-refractivity contribution in [2.75, 3.05) is 19.5 Å². The fourth-order valence-electron chi connectivity index (χ4n) is 3.56. The van der Waals surface area contributed by atoms with Crippen LogP contribution in [0.2, 0.25) is 0 Å². The van der Waals surface area contributed by atoms with Gasteiger partial charge in [-0.2, -0.15) is 4.98 Å². The Hall–Kier alpha value is -2.00. The molecular formula is C20H29N3O5S. The molecule has 29 heavy (non-hydrogen) atoms. The van der Waals surface area contributed by atoms with Gasteiger partial charge in [0, 0.05) is 36.4 Å². The molecule has 9 heteroatoms. The minimum absolute atomic E-state index is 0.149. The van der Waals surface area contributed by atoms with E-state index in [0.29, 0.717) is 19.1 Å². The van der Waals surface area contributed by atoms with Crippen LogP contribution in [0.4, 0.5) is 0 Å². The molecule has 1 saturated carbocycles. The Bertz CT molecular complexity index is 844. The van der Waals surface area contributed by atoms with E-state index in [9.17, 15) is 13.2 Å². The van der Waals surface area contributed by atoms with Crippen LogP contribution in [0.3, 0.4) is 0 Å². The molecule has 0 bridgehead atoms. The lowest BCUT2D eigenvalue weighted by Gasteiger charge is -2.24. The van der Waals surface area contributed by atoms with E-state index in [4.69, 9.17) is 9.47 Å². The fraction of sp³-hybridized carbons (Fsp3) is 0.650. The first-order chi connectivity index (χ1) is 13.8. The Labute approximate surface area is 172 Å². The van der Waals surface area contributed by atoms with E-state index in [1.807, 2.05) is 0 Å². The normalized spacial score (nSPS) is 21.9. The minimum Gasteiger partial charge on any atom is -0.471 e. The number of carbonyl (C=O) groups is 1. The Kier molecular flexibility index (Phi) is 7.23. The van der Waals surface area contributed by atoms with Crippen LogP contribution in [0.25, 0.3) is 0 Å². The standard InChI is InChI=1S/C20H29N3O5S/c1-14(9-11-29(2,25)26)22-19(24)17-12-21-18(15-6-3-4-7-15)23-20(17)28-16-8-5-10-27-13-16/h9,11-12,14-16H,3-8,10,13H2,1-2H3,(H,22,24)/b11-9+/t14-,16-/m0/s1. The van der Waals surface area contributed by atoms with Gasteiger partial charge >= 0.3 is 0 Å². The number of aromatic nitrogens is 2. The number of sulfone groups is 1. The number of hydrogen-bond acceptors (Lipinski definition) is 7. The van der Waals surface area contributed by atoms with Crippen molar-refractivity contribution in [3.8, 4) is 5.88 Å². The maximum atomic E-state index is 12.8. The van der Waals surface area contributed by atoms with E-state index in [2.05, 4.69) is 15.3 Å². The molecule has 0 spiro atoms. The molecule has 0 unspecified atom stereocenters. The van der Waals surface area contributed by atoms with Gasteiger partial charge in [-0.15, -0.1) is 0 Å². The van der Waals surface area contributed by atoms with Crippen LogP contribution in [0.15, 0.2) is 17.7 Å². The molecule has 2 aliphatic rings. The summed E-state index contributed by atoms with van der Waals surface area (Å²) >= 11 is 0. The molecule has 1 aromatic rings. The van der Waals surface area contributed by atoms with E-state index in [1.165, 1.54) is 12.3 Å². The van der Waals surface area contributed by atoms with Crippen LogP contribution in [0.1, 0.15) is 67.5 Å². The third-order valence-corrected chi connectivity index (χ3v) is 5.76. The second-order valence-corrected chi connectivity index (χ2v) is 9.74. The van der Waals surface area contributed by atoms with Crippen LogP contribution in [-0.2, 0) is 14.6 Å². The summed E-state index contributed by atoms with van der Waals surface area (Å²) in [6, 6.07) is -0.474. The Morgan fingerprint density at radius 3 is 2.72 bits per heavy atom. The van der Waals surface area contributed by atoms with Crippen molar-refractivity contribution < 1.29 is 22.7 Å². The van der Waals surface area contributed by atoms with Crippen LogP contribution < -0.4 is 10.1 Å². The van der Waals surface area contributed by atoms with Crippen molar-refractivity contribution in [2.24, 2.45) is 0 Å². The number of ether oxygens (including phenoxy) is 2. The summed E-state index contributed by atoms with van der Waals surface area (Å²) < 4.78 is 34.1. The van der Waals surface area contributed by atoms with E-state index >= 15 is 0 Å². The summed E-state index contributed by atoms with van der Waals surface area (Å²) in [6.45, 7) is 2.88. The highest BCUT2D eigenvalue weighted by Crippen LogP contribution is 2.33. The molecule has 1 aliphatic heterocycles. The van der Waals surface area contributed by atoms with Gasteiger partial charge in [0.25, 0.3) is 5.91 Å². The van der Waals surface area contributed by atoms with Gasteiger partial charge in [-0.05, 0) is 32.6 Å². The quantitative estimate of drug-likeness (QED) is 0.717. The highest BCUT2D eigenvalue weighted by Gasteiger charge is 2.26. The highest BCUT2D eigenvalue weighted by atomic mass is 32.2. The molecule has 160 valence electrons. The second kappa shape index (κ2) is 9.67. The molecule has 1 amide bonds. The summed E-state index contributed by atoms with van der Waals surface area (Å²) in [5, 5.41) is 3.83. The molecule has 2 fully saturated rings. The summed E-state index contributed by atoms with van der Waals surface area (Å²) in [7, 11) is -3.26. The zero-order valence-corrected chi connectivity index (χ0v) is 17.8. The number of amides is 1. The summed E-state index contributed by atoms with van der Waals surface area (Å²) in [5.41, 5.74) is 0.247. The predicted molar refractivity (Wildman–Crippen MR) is 109 cm³/mol. The van der Waals surface area contributed by atoms with E-state index in [-0.39, 0.29) is 17.5 Å². The molecule has 0 aromatic carbocycles. The fourth-order valence-corrected chi connectivity index (χ4v) is 4.08. The molecule has 2 heterocycles. The zero-order chi connectivity index (χ0) is 20.9. The highest BCUT2D eigenvalue weighted by molar-refractivity contribution is 7.93. The molecule has 0 radical (unpaired) electrons. The van der Waals surface area contributed by atoms with Gasteiger partial charge in [0.1, 0.15) is 17.5 Å².